The van der Waals surface area contributed by atoms with Gasteiger partial charge in [0.2, 0.25) is 0 Å². The minimum atomic E-state index is 0.726. The van der Waals surface area contributed by atoms with Crippen molar-refractivity contribution in [1.82, 2.24) is 9.97 Å². The first kappa shape index (κ1) is 13.3. The molecule has 0 saturated carbocycles. The lowest BCUT2D eigenvalue weighted by molar-refractivity contribution is 0.356. The van der Waals surface area contributed by atoms with E-state index < -0.39 is 0 Å². The van der Waals surface area contributed by atoms with Crippen molar-refractivity contribution in [3.05, 3.63) is 48.5 Å². The third kappa shape index (κ3) is 1.62. The monoisotopic (exact) mass is 316 g/mol. The molecule has 0 spiro atoms. The van der Waals surface area contributed by atoms with Crippen LogP contribution in [-0.2, 0) is 0 Å². The van der Waals surface area contributed by atoms with Crippen LogP contribution in [0.3, 0.4) is 0 Å². The Kier molecular flexibility index (Phi) is 2.59. The molecule has 2 heterocycles. The van der Waals surface area contributed by atoms with Crippen LogP contribution in [0.15, 0.2) is 48.5 Å². The largest absolute Gasteiger partial charge is 0.493 e. The predicted molar refractivity (Wildman–Crippen MR) is 98.3 cm³/mol. The molecule has 0 aliphatic carbocycles. The first-order valence-corrected chi connectivity index (χ1v) is 7.87. The molecule has 24 heavy (non-hydrogen) atoms. The highest BCUT2D eigenvalue weighted by Crippen LogP contribution is 2.39. The maximum absolute atomic E-state index is 5.48. The van der Waals surface area contributed by atoms with Gasteiger partial charge in [0.1, 0.15) is 0 Å². The van der Waals surface area contributed by atoms with E-state index in [0.717, 1.165) is 39.0 Å². The van der Waals surface area contributed by atoms with E-state index in [0.29, 0.717) is 0 Å². The topological polar surface area (TPSA) is 50.0 Å². The molecule has 4 heteroatoms. The van der Waals surface area contributed by atoms with E-state index in [1.165, 1.54) is 16.2 Å². The second-order valence-corrected chi connectivity index (χ2v) is 5.96. The molecule has 0 radical (unpaired) electrons. The average Bonchev–Trinajstić information content (AvgIpc) is 3.17. The fourth-order valence-electron chi connectivity index (χ4n) is 3.64. The Balaban J connectivity index is 2.00. The SMILES string of the molecule is COc1cc2[nH]c3ccc4c5ccccc5[nH]c4c3c2cc1OC. The molecule has 118 valence electrons. The lowest BCUT2D eigenvalue weighted by Gasteiger charge is -2.07. The molecular weight excluding hydrogens is 300 g/mol. The van der Waals surface area contributed by atoms with Crippen LogP contribution in [0.5, 0.6) is 11.5 Å². The summed E-state index contributed by atoms with van der Waals surface area (Å²) in [6.07, 6.45) is 0. The fourth-order valence-corrected chi connectivity index (χ4v) is 3.64. The molecule has 2 N–H and O–H groups in total. The summed E-state index contributed by atoms with van der Waals surface area (Å²) in [5, 5.41) is 4.78. The van der Waals surface area contributed by atoms with Crippen LogP contribution in [-0.4, -0.2) is 24.2 Å². The number of ether oxygens (including phenoxy) is 2. The zero-order valence-corrected chi connectivity index (χ0v) is 13.4. The fraction of sp³-hybridized carbons (Fsp3) is 0.100. The molecule has 4 nitrogen and oxygen atoms in total. The van der Waals surface area contributed by atoms with Gasteiger partial charge in [-0.2, -0.15) is 0 Å². The number of H-pyrrole nitrogens is 2. The average molecular weight is 316 g/mol. The van der Waals surface area contributed by atoms with Gasteiger partial charge in [-0.15, -0.1) is 0 Å². The molecule has 2 aromatic heterocycles. The predicted octanol–water partition coefficient (Wildman–Crippen LogP) is 4.97. The minimum Gasteiger partial charge on any atom is -0.493 e. The summed E-state index contributed by atoms with van der Waals surface area (Å²) < 4.78 is 10.9. The molecule has 5 rings (SSSR count). The summed E-state index contributed by atoms with van der Waals surface area (Å²) in [7, 11) is 3.32. The molecular formula is C20H16N2O2. The van der Waals surface area contributed by atoms with Gasteiger partial charge >= 0.3 is 0 Å². The van der Waals surface area contributed by atoms with Crippen molar-refractivity contribution in [2.75, 3.05) is 14.2 Å². The zero-order chi connectivity index (χ0) is 16.3. The van der Waals surface area contributed by atoms with Crippen LogP contribution in [0, 0.1) is 0 Å². The quantitative estimate of drug-likeness (QED) is 0.483. The molecule has 0 aliphatic heterocycles. The Morgan fingerprint density at radius 2 is 1.46 bits per heavy atom. The van der Waals surface area contributed by atoms with Crippen LogP contribution in [0.25, 0.3) is 43.6 Å². The van der Waals surface area contributed by atoms with Gasteiger partial charge in [-0.05, 0) is 18.2 Å². The second kappa shape index (κ2) is 4.68. The van der Waals surface area contributed by atoms with Crippen molar-refractivity contribution in [3.63, 3.8) is 0 Å². The first-order chi connectivity index (χ1) is 11.8. The first-order valence-electron chi connectivity index (χ1n) is 7.87. The van der Waals surface area contributed by atoms with E-state index in [9.17, 15) is 0 Å². The Labute approximate surface area is 138 Å². The number of fused-ring (bicyclic) bond motifs is 7. The van der Waals surface area contributed by atoms with Crippen molar-refractivity contribution in [2.45, 2.75) is 0 Å². The number of hydrogen-bond acceptors (Lipinski definition) is 2. The van der Waals surface area contributed by atoms with Crippen molar-refractivity contribution >= 4 is 43.6 Å². The molecule has 0 amide bonds. The van der Waals surface area contributed by atoms with Gasteiger partial charge in [-0.3, -0.25) is 0 Å². The standard InChI is InChI=1S/C20H16N2O2/c1-23-17-9-13-16(10-18(17)24-2)21-15-8-7-12-11-5-3-4-6-14(11)22-20(12)19(13)15/h3-10,21-22H,1-2H3. The molecule has 0 aliphatic rings. The number of hydrogen-bond donors (Lipinski definition) is 2. The number of nitrogens with one attached hydrogen (secondary N) is 2. The van der Waals surface area contributed by atoms with Gasteiger partial charge < -0.3 is 19.4 Å². The van der Waals surface area contributed by atoms with E-state index in [1.54, 1.807) is 14.2 Å². The van der Waals surface area contributed by atoms with Crippen molar-refractivity contribution < 1.29 is 9.47 Å². The third-order valence-electron chi connectivity index (χ3n) is 4.74. The smallest absolute Gasteiger partial charge is 0.162 e. The summed E-state index contributed by atoms with van der Waals surface area (Å²) in [5.41, 5.74) is 4.43. The van der Waals surface area contributed by atoms with Crippen LogP contribution in [0.1, 0.15) is 0 Å². The second-order valence-electron chi connectivity index (χ2n) is 5.96. The lowest BCUT2D eigenvalue weighted by atomic mass is 10.1. The Morgan fingerprint density at radius 3 is 2.29 bits per heavy atom. The van der Waals surface area contributed by atoms with Gasteiger partial charge in [0.05, 0.1) is 25.3 Å². The highest BCUT2D eigenvalue weighted by atomic mass is 16.5. The van der Waals surface area contributed by atoms with Gasteiger partial charge in [-0.1, -0.05) is 24.3 Å². The van der Waals surface area contributed by atoms with E-state index in [4.69, 9.17) is 9.47 Å². The van der Waals surface area contributed by atoms with E-state index in [2.05, 4.69) is 46.4 Å². The number of rotatable bonds is 2. The summed E-state index contributed by atoms with van der Waals surface area (Å²) in [5.74, 6) is 1.46. The van der Waals surface area contributed by atoms with Crippen LogP contribution >= 0.6 is 0 Å². The zero-order valence-electron chi connectivity index (χ0n) is 13.4. The molecule has 3 aromatic carbocycles. The summed E-state index contributed by atoms with van der Waals surface area (Å²) in [6, 6.07) is 16.7. The molecule has 0 bridgehead atoms. The van der Waals surface area contributed by atoms with E-state index in [-0.39, 0.29) is 0 Å². The number of aromatic amines is 2. The summed E-state index contributed by atoms with van der Waals surface area (Å²) in [6.45, 7) is 0. The summed E-state index contributed by atoms with van der Waals surface area (Å²) in [4.78, 5) is 7.06. The lowest BCUT2D eigenvalue weighted by Crippen LogP contribution is -1.89. The van der Waals surface area contributed by atoms with Gasteiger partial charge in [0, 0.05) is 38.6 Å². The van der Waals surface area contributed by atoms with Crippen LogP contribution < -0.4 is 9.47 Å². The Hall–Kier alpha value is -3.14. The Bertz CT molecular complexity index is 1230. The highest BCUT2D eigenvalue weighted by molar-refractivity contribution is 6.24. The van der Waals surface area contributed by atoms with Gasteiger partial charge in [0.15, 0.2) is 11.5 Å². The maximum atomic E-state index is 5.48. The maximum Gasteiger partial charge on any atom is 0.162 e. The van der Waals surface area contributed by atoms with Crippen molar-refractivity contribution in [2.24, 2.45) is 0 Å². The number of para-hydroxylation sites is 1. The minimum absolute atomic E-state index is 0.726. The Morgan fingerprint density at radius 1 is 0.667 bits per heavy atom. The number of methoxy groups -OCH3 is 2. The van der Waals surface area contributed by atoms with Crippen LogP contribution in [0.2, 0.25) is 0 Å². The summed E-state index contributed by atoms with van der Waals surface area (Å²) >= 11 is 0. The van der Waals surface area contributed by atoms with Crippen molar-refractivity contribution in [1.29, 1.82) is 0 Å². The molecule has 0 unspecified atom stereocenters. The molecule has 0 fully saturated rings. The number of benzene rings is 3. The van der Waals surface area contributed by atoms with Gasteiger partial charge in [-0.25, -0.2) is 0 Å². The van der Waals surface area contributed by atoms with E-state index >= 15 is 0 Å². The molecule has 5 aromatic rings. The highest BCUT2D eigenvalue weighted by Gasteiger charge is 2.15. The number of aromatic nitrogens is 2. The molecule has 0 saturated heterocycles. The van der Waals surface area contributed by atoms with Crippen LogP contribution in [0.4, 0.5) is 0 Å². The third-order valence-corrected chi connectivity index (χ3v) is 4.74. The van der Waals surface area contributed by atoms with Crippen molar-refractivity contribution in [3.8, 4) is 11.5 Å². The normalized spacial score (nSPS) is 11.8. The van der Waals surface area contributed by atoms with Gasteiger partial charge in [0.25, 0.3) is 0 Å². The van der Waals surface area contributed by atoms with E-state index in [1.807, 2.05) is 12.1 Å². The molecule has 0 atom stereocenters.